The van der Waals surface area contributed by atoms with Gasteiger partial charge in [-0.1, -0.05) is 6.07 Å². The predicted octanol–water partition coefficient (Wildman–Crippen LogP) is 1.64. The van der Waals surface area contributed by atoms with Gasteiger partial charge in [0.05, 0.1) is 19.8 Å². The van der Waals surface area contributed by atoms with Crippen molar-refractivity contribution in [2.45, 2.75) is 83.3 Å². The number of esters is 2. The molecule has 204 valence electrons. The molecule has 0 saturated carbocycles. The molecule has 36 heavy (non-hydrogen) atoms. The summed E-state index contributed by atoms with van der Waals surface area (Å²) in [5, 5.41) is 36.1. The number of aliphatic hydroxyl groups excluding tert-OH is 2. The Labute approximate surface area is 213 Å². The van der Waals surface area contributed by atoms with Crippen LogP contribution in [0.15, 0.2) is 18.2 Å². The van der Waals surface area contributed by atoms with Gasteiger partial charge in [0, 0.05) is 18.8 Å². The van der Waals surface area contributed by atoms with Crippen LogP contribution in [0.5, 0.6) is 11.5 Å². The van der Waals surface area contributed by atoms with Gasteiger partial charge >= 0.3 is 11.9 Å². The topological polar surface area (TPSA) is 147 Å². The van der Waals surface area contributed by atoms with Gasteiger partial charge in [-0.3, -0.25) is 14.9 Å². The number of aromatic hydroxyl groups is 1. The normalized spacial score (nSPS) is 22.3. The van der Waals surface area contributed by atoms with Crippen molar-refractivity contribution in [2.75, 3.05) is 27.2 Å². The Balaban J connectivity index is 2.42. The van der Waals surface area contributed by atoms with Gasteiger partial charge in [-0.05, 0) is 76.7 Å². The first kappa shape index (κ1) is 29.8. The number of hydrogen-bond acceptors (Lipinski definition) is 10. The first-order chi connectivity index (χ1) is 17.1. The summed E-state index contributed by atoms with van der Waals surface area (Å²) in [6.07, 6.45) is 0.874. The Hall–Kier alpha value is -2.40. The monoisotopic (exact) mass is 510 g/mol. The number of hydrogen-bond donors (Lipinski definition) is 5. The molecule has 2 rings (SSSR count). The van der Waals surface area contributed by atoms with Crippen LogP contribution in [0.4, 0.5) is 0 Å². The minimum absolute atomic E-state index is 0.0146. The Morgan fingerprint density at radius 1 is 1.28 bits per heavy atom. The van der Waals surface area contributed by atoms with Crippen molar-refractivity contribution in [3.63, 3.8) is 0 Å². The average molecular weight is 511 g/mol. The molecule has 1 aromatic carbocycles. The summed E-state index contributed by atoms with van der Waals surface area (Å²) in [5.74, 6) is -0.522. The van der Waals surface area contributed by atoms with E-state index in [9.17, 15) is 24.9 Å². The van der Waals surface area contributed by atoms with Crippen molar-refractivity contribution in [2.24, 2.45) is 5.41 Å². The van der Waals surface area contributed by atoms with Crippen molar-refractivity contribution >= 4 is 11.9 Å². The zero-order valence-electron chi connectivity index (χ0n) is 21.8. The van der Waals surface area contributed by atoms with Crippen LogP contribution >= 0.6 is 0 Å². The van der Waals surface area contributed by atoms with Crippen LogP contribution in [0, 0.1) is 5.41 Å². The predicted molar refractivity (Wildman–Crippen MR) is 134 cm³/mol. The van der Waals surface area contributed by atoms with Gasteiger partial charge in [0.1, 0.15) is 18.4 Å². The maximum absolute atomic E-state index is 12.7. The molecule has 1 aliphatic rings. The number of piperidine rings is 1. The molecule has 0 bridgehead atoms. The fourth-order valence-electron chi connectivity index (χ4n) is 4.96. The summed E-state index contributed by atoms with van der Waals surface area (Å²) < 4.78 is 16.9. The quantitative estimate of drug-likeness (QED) is 0.234. The first-order valence-electron chi connectivity index (χ1n) is 12.5. The number of methoxy groups -OCH3 is 1. The molecule has 5 unspecified atom stereocenters. The number of aliphatic hydroxyl groups is 2. The molecule has 1 aromatic rings. The number of carbonyl (C=O) groups is 2. The number of rotatable bonds is 14. The van der Waals surface area contributed by atoms with E-state index in [-0.39, 0.29) is 18.7 Å². The third-order valence-electron chi connectivity index (χ3n) is 6.64. The van der Waals surface area contributed by atoms with Crippen molar-refractivity contribution in [3.05, 3.63) is 23.8 Å². The second-order valence-electron chi connectivity index (χ2n) is 9.73. The summed E-state index contributed by atoms with van der Waals surface area (Å²) in [6, 6.07) is 5.08. The smallest absolute Gasteiger partial charge is 0.320 e. The van der Waals surface area contributed by atoms with Crippen molar-refractivity contribution in [1.29, 1.82) is 0 Å². The number of phenolic OH excluding ortho intramolecular Hbond substituents is 1. The molecule has 0 radical (unpaired) electrons. The lowest BCUT2D eigenvalue weighted by atomic mass is 9.68. The number of likely N-dealkylation sites (N-methyl/N-ethyl adjacent to an activating group) is 1. The van der Waals surface area contributed by atoms with Crippen LogP contribution in [0.2, 0.25) is 0 Å². The molecule has 10 heteroatoms. The third-order valence-corrected chi connectivity index (χ3v) is 6.64. The highest BCUT2D eigenvalue weighted by molar-refractivity contribution is 5.72. The van der Waals surface area contributed by atoms with Crippen LogP contribution < -0.4 is 15.4 Å². The number of nitrogens with one attached hydrogen (secondary N) is 2. The molecule has 0 aliphatic carbocycles. The molecule has 0 amide bonds. The van der Waals surface area contributed by atoms with Gasteiger partial charge in [0.25, 0.3) is 0 Å². The summed E-state index contributed by atoms with van der Waals surface area (Å²) in [7, 11) is 3.13. The van der Waals surface area contributed by atoms with Gasteiger partial charge < -0.3 is 34.8 Å². The largest absolute Gasteiger partial charge is 0.504 e. The summed E-state index contributed by atoms with van der Waals surface area (Å²) >= 11 is 0. The Bertz CT molecular complexity index is 849. The lowest BCUT2D eigenvalue weighted by Gasteiger charge is -2.45. The molecule has 0 spiro atoms. The second-order valence-corrected chi connectivity index (χ2v) is 9.73. The molecule has 1 heterocycles. The highest BCUT2D eigenvalue weighted by Crippen LogP contribution is 2.43. The van der Waals surface area contributed by atoms with Crippen LogP contribution in [-0.4, -0.2) is 79.0 Å². The molecular weight excluding hydrogens is 468 g/mol. The summed E-state index contributed by atoms with van der Waals surface area (Å²) in [4.78, 5) is 24.5. The van der Waals surface area contributed by atoms with E-state index in [2.05, 4.69) is 10.6 Å². The highest BCUT2D eigenvalue weighted by Gasteiger charge is 2.46. The lowest BCUT2D eigenvalue weighted by molar-refractivity contribution is -0.166. The third kappa shape index (κ3) is 9.24. The number of carbonyl (C=O) groups excluding carboxylic acids is 2. The van der Waals surface area contributed by atoms with Gasteiger partial charge in [0.2, 0.25) is 0 Å². The summed E-state index contributed by atoms with van der Waals surface area (Å²) in [5.41, 5.74) is 0.185. The molecule has 1 fully saturated rings. The van der Waals surface area contributed by atoms with Gasteiger partial charge in [0.15, 0.2) is 11.5 Å². The van der Waals surface area contributed by atoms with Crippen LogP contribution in [0.1, 0.15) is 57.9 Å². The van der Waals surface area contributed by atoms with Crippen LogP contribution in [-0.2, 0) is 25.5 Å². The summed E-state index contributed by atoms with van der Waals surface area (Å²) in [6.45, 7) is 3.58. The van der Waals surface area contributed by atoms with Crippen LogP contribution in [0.25, 0.3) is 0 Å². The van der Waals surface area contributed by atoms with E-state index in [0.717, 1.165) is 5.56 Å². The van der Waals surface area contributed by atoms with E-state index in [1.165, 1.54) is 14.0 Å². The number of benzene rings is 1. The van der Waals surface area contributed by atoms with Crippen molar-refractivity contribution < 1.29 is 39.1 Å². The Morgan fingerprint density at radius 3 is 2.64 bits per heavy atom. The minimum atomic E-state index is -0.800. The SMILES string of the molecule is CNCC(=O)OC(CC(CCCC(C)O)OC(C)=O)C1(Cc2ccc(O)c(OC)c2)CCNC(O)C1. The fourth-order valence-corrected chi connectivity index (χ4v) is 4.96. The number of phenols is 1. The van der Waals surface area contributed by atoms with E-state index in [1.54, 1.807) is 32.2 Å². The molecule has 1 aliphatic heterocycles. The maximum Gasteiger partial charge on any atom is 0.320 e. The van der Waals surface area contributed by atoms with Gasteiger partial charge in [-0.15, -0.1) is 0 Å². The molecule has 0 aromatic heterocycles. The standard InChI is InChI=1S/C26H42N2O8/c1-17(29)6-5-7-20(35-18(2)30)13-23(36-25(33)16-27-3)26(10-11-28-24(32)15-26)14-19-8-9-21(31)22(12-19)34-4/h8-9,12,17,20,23-24,27-29,31-32H,5-7,10-11,13-16H2,1-4H3. The van der Waals surface area contributed by atoms with E-state index < -0.39 is 41.9 Å². The Morgan fingerprint density at radius 2 is 2.03 bits per heavy atom. The van der Waals surface area contributed by atoms with Gasteiger partial charge in [-0.25, -0.2) is 0 Å². The molecule has 5 atom stereocenters. The van der Waals surface area contributed by atoms with E-state index in [0.29, 0.717) is 50.8 Å². The second kappa shape index (κ2) is 14.4. The molecule has 5 N–H and O–H groups in total. The van der Waals surface area contributed by atoms with Crippen LogP contribution in [0.3, 0.4) is 0 Å². The first-order valence-corrected chi connectivity index (χ1v) is 12.5. The maximum atomic E-state index is 12.7. The minimum Gasteiger partial charge on any atom is -0.504 e. The van der Waals surface area contributed by atoms with E-state index in [1.807, 2.05) is 0 Å². The van der Waals surface area contributed by atoms with E-state index in [4.69, 9.17) is 14.2 Å². The zero-order chi connectivity index (χ0) is 26.7. The van der Waals surface area contributed by atoms with Crippen molar-refractivity contribution in [3.8, 4) is 11.5 Å². The average Bonchev–Trinajstić information content (AvgIpc) is 2.79. The fraction of sp³-hybridized carbons (Fsp3) is 0.692. The molecule has 1 saturated heterocycles. The zero-order valence-corrected chi connectivity index (χ0v) is 21.8. The van der Waals surface area contributed by atoms with E-state index >= 15 is 0 Å². The van der Waals surface area contributed by atoms with Gasteiger partial charge in [-0.2, -0.15) is 0 Å². The lowest BCUT2D eigenvalue weighted by Crippen LogP contribution is -2.53. The Kier molecular flexibility index (Phi) is 11.9. The molecule has 10 nitrogen and oxygen atoms in total. The van der Waals surface area contributed by atoms with Crippen molar-refractivity contribution in [1.82, 2.24) is 10.6 Å². The highest BCUT2D eigenvalue weighted by atomic mass is 16.6. The number of ether oxygens (including phenoxy) is 3. The molecular formula is C26H42N2O8.